The molecule has 0 saturated heterocycles. The van der Waals surface area contributed by atoms with Crippen molar-refractivity contribution in [2.75, 3.05) is 19.7 Å². The van der Waals surface area contributed by atoms with Gasteiger partial charge in [0.2, 0.25) is 0 Å². The zero-order valence-corrected chi connectivity index (χ0v) is 12.1. The summed E-state index contributed by atoms with van der Waals surface area (Å²) in [4.78, 5) is 2.40. The molecule has 1 aromatic heterocycles. The summed E-state index contributed by atoms with van der Waals surface area (Å²) in [5, 5.41) is 9.89. The molecule has 1 heterocycles. The Bertz CT molecular complexity index is 340. The van der Waals surface area contributed by atoms with E-state index >= 15 is 0 Å². The molecule has 3 nitrogen and oxygen atoms in total. The molecule has 0 radical (unpaired) electrons. The van der Waals surface area contributed by atoms with Gasteiger partial charge in [0.1, 0.15) is 5.76 Å². The van der Waals surface area contributed by atoms with Crippen molar-refractivity contribution < 1.29 is 9.52 Å². The fourth-order valence-corrected chi connectivity index (χ4v) is 3.22. The Balaban J connectivity index is 1.97. The van der Waals surface area contributed by atoms with Crippen LogP contribution in [-0.2, 0) is 6.54 Å². The minimum absolute atomic E-state index is 0.110. The summed E-state index contributed by atoms with van der Waals surface area (Å²) in [6.45, 7) is 5.35. The summed E-state index contributed by atoms with van der Waals surface area (Å²) >= 11 is 0. The van der Waals surface area contributed by atoms with E-state index < -0.39 is 0 Å². The lowest BCUT2D eigenvalue weighted by Crippen LogP contribution is -2.39. The largest absolute Gasteiger partial charge is 0.468 e. The van der Waals surface area contributed by atoms with Crippen LogP contribution in [0.15, 0.2) is 22.8 Å². The molecule has 19 heavy (non-hydrogen) atoms. The van der Waals surface area contributed by atoms with Gasteiger partial charge in [-0.05, 0) is 31.5 Å². The van der Waals surface area contributed by atoms with Crippen molar-refractivity contribution in [2.24, 2.45) is 5.41 Å². The molecule has 0 atom stereocenters. The summed E-state index contributed by atoms with van der Waals surface area (Å²) in [5.74, 6) is 1.02. The molecular formula is C16H27NO2. The third kappa shape index (κ3) is 4.08. The molecule has 0 unspecified atom stereocenters. The van der Waals surface area contributed by atoms with Crippen molar-refractivity contribution in [3.8, 4) is 0 Å². The summed E-state index contributed by atoms with van der Waals surface area (Å²) in [5.41, 5.74) is 0.110. The molecule has 0 bridgehead atoms. The minimum Gasteiger partial charge on any atom is -0.468 e. The smallest absolute Gasteiger partial charge is 0.117 e. The van der Waals surface area contributed by atoms with Gasteiger partial charge in [-0.1, -0.05) is 32.6 Å². The summed E-state index contributed by atoms with van der Waals surface area (Å²) in [6.07, 6.45) is 9.24. The van der Waals surface area contributed by atoms with Crippen molar-refractivity contribution in [2.45, 2.75) is 52.0 Å². The number of aliphatic hydroxyl groups excluding tert-OH is 1. The van der Waals surface area contributed by atoms with Crippen LogP contribution in [0.3, 0.4) is 0 Å². The fourth-order valence-electron chi connectivity index (χ4n) is 3.22. The van der Waals surface area contributed by atoms with Crippen molar-refractivity contribution in [3.05, 3.63) is 24.2 Å². The summed E-state index contributed by atoms with van der Waals surface area (Å²) < 4.78 is 5.44. The van der Waals surface area contributed by atoms with E-state index in [1.54, 1.807) is 6.26 Å². The van der Waals surface area contributed by atoms with Crippen molar-refractivity contribution in [3.63, 3.8) is 0 Å². The first-order valence-electron chi connectivity index (χ1n) is 7.63. The maximum atomic E-state index is 9.89. The number of rotatable bonds is 6. The van der Waals surface area contributed by atoms with Crippen LogP contribution in [0.5, 0.6) is 0 Å². The topological polar surface area (TPSA) is 36.6 Å². The van der Waals surface area contributed by atoms with Gasteiger partial charge in [-0.15, -0.1) is 0 Å². The van der Waals surface area contributed by atoms with Gasteiger partial charge in [-0.25, -0.2) is 0 Å². The van der Waals surface area contributed by atoms with Crippen LogP contribution >= 0.6 is 0 Å². The van der Waals surface area contributed by atoms with E-state index in [-0.39, 0.29) is 5.41 Å². The number of furan rings is 1. The van der Waals surface area contributed by atoms with Gasteiger partial charge in [0.05, 0.1) is 12.8 Å². The number of hydrogen-bond donors (Lipinski definition) is 1. The lowest BCUT2D eigenvalue weighted by molar-refractivity contribution is 0.0559. The predicted octanol–water partition coefficient (Wildman–Crippen LogP) is 3.43. The highest BCUT2D eigenvalue weighted by Gasteiger charge is 2.32. The van der Waals surface area contributed by atoms with Crippen LogP contribution in [-0.4, -0.2) is 29.7 Å². The summed E-state index contributed by atoms with van der Waals surface area (Å²) in [6, 6.07) is 3.97. The van der Waals surface area contributed by atoms with Gasteiger partial charge < -0.3 is 9.52 Å². The molecule has 0 spiro atoms. The van der Waals surface area contributed by atoms with E-state index in [2.05, 4.69) is 11.8 Å². The highest BCUT2D eigenvalue weighted by Crippen LogP contribution is 2.35. The monoisotopic (exact) mass is 265 g/mol. The molecule has 1 aliphatic rings. The molecule has 3 heteroatoms. The molecule has 1 saturated carbocycles. The third-order valence-corrected chi connectivity index (χ3v) is 4.47. The third-order valence-electron chi connectivity index (χ3n) is 4.47. The Kier molecular flexibility index (Phi) is 5.46. The second kappa shape index (κ2) is 7.11. The van der Waals surface area contributed by atoms with Crippen LogP contribution in [0.4, 0.5) is 0 Å². The van der Waals surface area contributed by atoms with Gasteiger partial charge in [0.15, 0.2) is 0 Å². The molecule has 2 rings (SSSR count). The van der Waals surface area contributed by atoms with Crippen molar-refractivity contribution >= 4 is 0 Å². The van der Waals surface area contributed by atoms with E-state index in [0.717, 1.165) is 38.2 Å². The van der Waals surface area contributed by atoms with Crippen LogP contribution in [0, 0.1) is 5.41 Å². The van der Waals surface area contributed by atoms with Crippen LogP contribution in [0.1, 0.15) is 51.2 Å². The van der Waals surface area contributed by atoms with Gasteiger partial charge in [0, 0.05) is 18.6 Å². The van der Waals surface area contributed by atoms with E-state index in [9.17, 15) is 5.11 Å². The first-order valence-corrected chi connectivity index (χ1v) is 7.63. The van der Waals surface area contributed by atoms with Gasteiger partial charge in [-0.2, -0.15) is 0 Å². The SMILES string of the molecule is CCN(Cc1ccco1)CC1(CO)CCCCCC1. The normalized spacial score (nSPS) is 19.5. The number of aliphatic hydroxyl groups is 1. The van der Waals surface area contributed by atoms with Crippen LogP contribution in [0.2, 0.25) is 0 Å². The molecular weight excluding hydrogens is 238 g/mol. The Morgan fingerprint density at radius 2 is 2.00 bits per heavy atom. The van der Waals surface area contributed by atoms with Crippen LogP contribution < -0.4 is 0 Å². The van der Waals surface area contributed by atoms with E-state index in [0.29, 0.717) is 6.61 Å². The van der Waals surface area contributed by atoms with Gasteiger partial charge in [-0.3, -0.25) is 4.90 Å². The second-order valence-corrected chi connectivity index (χ2v) is 5.95. The van der Waals surface area contributed by atoms with E-state index in [1.165, 1.54) is 25.7 Å². The second-order valence-electron chi connectivity index (χ2n) is 5.95. The Labute approximate surface area is 116 Å². The molecule has 1 fully saturated rings. The Morgan fingerprint density at radius 1 is 1.26 bits per heavy atom. The van der Waals surface area contributed by atoms with E-state index in [1.807, 2.05) is 12.1 Å². The number of nitrogens with zero attached hydrogens (tertiary/aromatic N) is 1. The zero-order chi connectivity index (χ0) is 13.6. The highest BCUT2D eigenvalue weighted by molar-refractivity contribution is 4.98. The first kappa shape index (κ1) is 14.6. The average molecular weight is 265 g/mol. The molecule has 0 amide bonds. The highest BCUT2D eigenvalue weighted by atomic mass is 16.3. The molecule has 0 aliphatic heterocycles. The quantitative estimate of drug-likeness (QED) is 0.801. The Hall–Kier alpha value is -0.800. The molecule has 108 valence electrons. The lowest BCUT2D eigenvalue weighted by atomic mass is 9.80. The lowest BCUT2D eigenvalue weighted by Gasteiger charge is -2.36. The predicted molar refractivity (Wildman–Crippen MR) is 76.9 cm³/mol. The Morgan fingerprint density at radius 3 is 2.53 bits per heavy atom. The molecule has 0 aromatic carbocycles. The molecule has 1 N–H and O–H groups in total. The zero-order valence-electron chi connectivity index (χ0n) is 12.1. The van der Waals surface area contributed by atoms with E-state index in [4.69, 9.17) is 4.42 Å². The minimum atomic E-state index is 0.110. The first-order chi connectivity index (χ1) is 9.28. The van der Waals surface area contributed by atoms with Crippen molar-refractivity contribution in [1.29, 1.82) is 0 Å². The number of hydrogen-bond acceptors (Lipinski definition) is 3. The standard InChI is InChI=1S/C16H27NO2/c1-2-17(12-15-8-7-11-19-15)13-16(14-18)9-5-3-4-6-10-16/h7-8,11,18H,2-6,9-10,12-14H2,1H3. The van der Waals surface area contributed by atoms with Crippen molar-refractivity contribution in [1.82, 2.24) is 4.90 Å². The maximum absolute atomic E-state index is 9.89. The molecule has 1 aliphatic carbocycles. The van der Waals surface area contributed by atoms with Crippen LogP contribution in [0.25, 0.3) is 0 Å². The fraction of sp³-hybridized carbons (Fsp3) is 0.750. The molecule has 1 aromatic rings. The maximum Gasteiger partial charge on any atom is 0.117 e. The van der Waals surface area contributed by atoms with Gasteiger partial charge >= 0.3 is 0 Å². The average Bonchev–Trinajstić information content (AvgIpc) is 2.83. The summed E-state index contributed by atoms with van der Waals surface area (Å²) in [7, 11) is 0. The van der Waals surface area contributed by atoms with Gasteiger partial charge in [0.25, 0.3) is 0 Å².